The molecule has 0 amide bonds. The summed E-state index contributed by atoms with van der Waals surface area (Å²) in [5, 5.41) is 0. The molecular formula is C12H16O3. The predicted molar refractivity (Wildman–Crippen MR) is 57.9 cm³/mol. The summed E-state index contributed by atoms with van der Waals surface area (Å²) < 4.78 is 9.96. The SMILES string of the molecule is CCc1ccc(O[C@H](C)C(=O)OC)cc1. The van der Waals surface area contributed by atoms with E-state index in [-0.39, 0.29) is 5.97 Å². The molecule has 15 heavy (non-hydrogen) atoms. The molecule has 0 bridgehead atoms. The van der Waals surface area contributed by atoms with Gasteiger partial charge in [0.05, 0.1) is 7.11 Å². The number of methoxy groups -OCH3 is 1. The Hall–Kier alpha value is -1.51. The fourth-order valence-electron chi connectivity index (χ4n) is 1.22. The van der Waals surface area contributed by atoms with Crippen LogP contribution in [-0.2, 0) is 16.0 Å². The Balaban J connectivity index is 2.60. The number of esters is 1. The molecule has 1 aromatic rings. The third-order valence-electron chi connectivity index (χ3n) is 2.18. The lowest BCUT2D eigenvalue weighted by molar-refractivity contribution is -0.147. The summed E-state index contributed by atoms with van der Waals surface area (Å²) in [5.41, 5.74) is 1.24. The van der Waals surface area contributed by atoms with E-state index in [1.54, 1.807) is 6.92 Å². The van der Waals surface area contributed by atoms with Crippen molar-refractivity contribution < 1.29 is 14.3 Å². The zero-order valence-corrected chi connectivity index (χ0v) is 9.32. The van der Waals surface area contributed by atoms with Crippen molar-refractivity contribution in [1.82, 2.24) is 0 Å². The van der Waals surface area contributed by atoms with Gasteiger partial charge in [0.25, 0.3) is 0 Å². The summed E-state index contributed by atoms with van der Waals surface area (Å²) in [7, 11) is 1.35. The molecule has 0 aliphatic heterocycles. The van der Waals surface area contributed by atoms with Crippen molar-refractivity contribution in [2.24, 2.45) is 0 Å². The van der Waals surface area contributed by atoms with Crippen molar-refractivity contribution in [3.8, 4) is 5.75 Å². The molecule has 1 aromatic carbocycles. The zero-order chi connectivity index (χ0) is 11.3. The highest BCUT2D eigenvalue weighted by atomic mass is 16.6. The molecule has 0 spiro atoms. The fraction of sp³-hybridized carbons (Fsp3) is 0.417. The summed E-state index contributed by atoms with van der Waals surface area (Å²) >= 11 is 0. The molecule has 0 fully saturated rings. The number of hydrogen-bond donors (Lipinski definition) is 0. The van der Waals surface area contributed by atoms with Gasteiger partial charge in [0.2, 0.25) is 0 Å². The number of carbonyl (C=O) groups is 1. The molecule has 0 heterocycles. The van der Waals surface area contributed by atoms with Crippen LogP contribution in [0.3, 0.4) is 0 Å². The Bertz CT molecular complexity index is 316. The molecule has 0 saturated carbocycles. The molecule has 1 atom stereocenters. The van der Waals surface area contributed by atoms with E-state index in [2.05, 4.69) is 11.7 Å². The van der Waals surface area contributed by atoms with Gasteiger partial charge in [0.15, 0.2) is 6.10 Å². The van der Waals surface area contributed by atoms with E-state index < -0.39 is 6.10 Å². The van der Waals surface area contributed by atoms with E-state index in [1.807, 2.05) is 24.3 Å². The van der Waals surface area contributed by atoms with Gasteiger partial charge in [-0.25, -0.2) is 4.79 Å². The maximum absolute atomic E-state index is 11.1. The number of benzene rings is 1. The Kier molecular flexibility index (Phi) is 4.16. The van der Waals surface area contributed by atoms with Crippen LogP contribution in [0.2, 0.25) is 0 Å². The highest BCUT2D eigenvalue weighted by molar-refractivity contribution is 5.74. The van der Waals surface area contributed by atoms with Crippen molar-refractivity contribution in [2.75, 3.05) is 7.11 Å². The van der Waals surface area contributed by atoms with Crippen molar-refractivity contribution in [2.45, 2.75) is 26.4 Å². The Morgan fingerprint density at radius 2 is 1.93 bits per heavy atom. The molecule has 0 aliphatic rings. The molecule has 0 unspecified atom stereocenters. The number of ether oxygens (including phenoxy) is 2. The van der Waals surface area contributed by atoms with Crippen LogP contribution in [0.5, 0.6) is 5.75 Å². The average Bonchev–Trinajstić information content (AvgIpc) is 2.29. The Morgan fingerprint density at radius 1 is 1.33 bits per heavy atom. The lowest BCUT2D eigenvalue weighted by Crippen LogP contribution is -2.24. The second kappa shape index (κ2) is 5.39. The minimum atomic E-state index is -0.567. The van der Waals surface area contributed by atoms with E-state index in [0.29, 0.717) is 5.75 Å². The number of aryl methyl sites for hydroxylation is 1. The van der Waals surface area contributed by atoms with Crippen LogP contribution in [0.25, 0.3) is 0 Å². The number of rotatable bonds is 4. The number of hydrogen-bond acceptors (Lipinski definition) is 3. The fourth-order valence-corrected chi connectivity index (χ4v) is 1.22. The van der Waals surface area contributed by atoms with Gasteiger partial charge in [-0.2, -0.15) is 0 Å². The quantitative estimate of drug-likeness (QED) is 0.711. The van der Waals surface area contributed by atoms with Gasteiger partial charge in [0.1, 0.15) is 5.75 Å². The minimum absolute atomic E-state index is 0.366. The molecule has 0 aliphatic carbocycles. The Labute approximate surface area is 90.0 Å². The smallest absolute Gasteiger partial charge is 0.346 e. The van der Waals surface area contributed by atoms with Gasteiger partial charge >= 0.3 is 5.97 Å². The molecular weight excluding hydrogens is 192 g/mol. The summed E-state index contributed by atoms with van der Waals surface area (Å²) in [6, 6.07) is 7.69. The first kappa shape index (κ1) is 11.6. The number of carbonyl (C=O) groups excluding carboxylic acids is 1. The van der Waals surface area contributed by atoms with Gasteiger partial charge in [-0.1, -0.05) is 19.1 Å². The van der Waals surface area contributed by atoms with Crippen LogP contribution in [0.15, 0.2) is 24.3 Å². The monoisotopic (exact) mass is 208 g/mol. The summed E-state index contributed by atoms with van der Waals surface area (Å²) in [4.78, 5) is 11.1. The maximum atomic E-state index is 11.1. The second-order valence-electron chi connectivity index (χ2n) is 3.28. The van der Waals surface area contributed by atoms with E-state index >= 15 is 0 Å². The molecule has 0 N–H and O–H groups in total. The summed E-state index contributed by atoms with van der Waals surface area (Å²) in [6.45, 7) is 3.76. The predicted octanol–water partition coefficient (Wildman–Crippen LogP) is 2.19. The summed E-state index contributed by atoms with van der Waals surface area (Å²) in [5.74, 6) is 0.319. The molecule has 82 valence electrons. The van der Waals surface area contributed by atoms with Gasteiger partial charge < -0.3 is 9.47 Å². The average molecular weight is 208 g/mol. The van der Waals surface area contributed by atoms with Crippen LogP contribution in [-0.4, -0.2) is 19.2 Å². The van der Waals surface area contributed by atoms with Crippen LogP contribution >= 0.6 is 0 Å². The largest absolute Gasteiger partial charge is 0.479 e. The van der Waals surface area contributed by atoms with E-state index in [1.165, 1.54) is 12.7 Å². The van der Waals surface area contributed by atoms with Crippen LogP contribution in [0.1, 0.15) is 19.4 Å². The lowest BCUT2D eigenvalue weighted by atomic mass is 10.2. The third kappa shape index (κ3) is 3.27. The van der Waals surface area contributed by atoms with Crippen molar-refractivity contribution in [1.29, 1.82) is 0 Å². The van der Waals surface area contributed by atoms with Gasteiger partial charge in [-0.3, -0.25) is 0 Å². The molecule has 0 aromatic heterocycles. The van der Waals surface area contributed by atoms with Gasteiger partial charge in [-0.05, 0) is 31.0 Å². The van der Waals surface area contributed by atoms with Crippen molar-refractivity contribution in [3.05, 3.63) is 29.8 Å². The first-order chi connectivity index (χ1) is 7.17. The Morgan fingerprint density at radius 3 is 2.40 bits per heavy atom. The lowest BCUT2D eigenvalue weighted by Gasteiger charge is -2.12. The molecule has 3 heteroatoms. The van der Waals surface area contributed by atoms with Crippen LogP contribution in [0.4, 0.5) is 0 Å². The molecule has 0 radical (unpaired) electrons. The zero-order valence-electron chi connectivity index (χ0n) is 9.32. The maximum Gasteiger partial charge on any atom is 0.346 e. The topological polar surface area (TPSA) is 35.5 Å². The summed E-state index contributed by atoms with van der Waals surface area (Å²) in [6.07, 6.45) is 0.426. The van der Waals surface area contributed by atoms with Gasteiger partial charge in [0, 0.05) is 0 Å². The van der Waals surface area contributed by atoms with Crippen molar-refractivity contribution >= 4 is 5.97 Å². The highest BCUT2D eigenvalue weighted by Gasteiger charge is 2.14. The first-order valence-corrected chi connectivity index (χ1v) is 5.00. The molecule has 3 nitrogen and oxygen atoms in total. The van der Waals surface area contributed by atoms with E-state index in [0.717, 1.165) is 6.42 Å². The normalized spacial score (nSPS) is 11.9. The van der Waals surface area contributed by atoms with E-state index in [9.17, 15) is 4.79 Å². The minimum Gasteiger partial charge on any atom is -0.479 e. The third-order valence-corrected chi connectivity index (χ3v) is 2.18. The standard InChI is InChI=1S/C12H16O3/c1-4-10-5-7-11(8-6-10)15-9(2)12(13)14-3/h5-9H,4H2,1-3H3/t9-/m1/s1. The van der Waals surface area contributed by atoms with Gasteiger partial charge in [-0.15, -0.1) is 0 Å². The van der Waals surface area contributed by atoms with Crippen LogP contribution in [0, 0.1) is 0 Å². The van der Waals surface area contributed by atoms with E-state index in [4.69, 9.17) is 4.74 Å². The van der Waals surface area contributed by atoms with Crippen LogP contribution < -0.4 is 4.74 Å². The first-order valence-electron chi connectivity index (χ1n) is 5.00. The van der Waals surface area contributed by atoms with Crippen molar-refractivity contribution in [3.63, 3.8) is 0 Å². The molecule has 1 rings (SSSR count). The highest BCUT2D eigenvalue weighted by Crippen LogP contribution is 2.14. The second-order valence-corrected chi connectivity index (χ2v) is 3.28. The molecule has 0 saturated heterocycles.